The molecule has 2 fully saturated rings. The van der Waals surface area contributed by atoms with Gasteiger partial charge in [0.2, 0.25) is 0 Å². The van der Waals surface area contributed by atoms with Gasteiger partial charge in [-0.25, -0.2) is 9.97 Å². The van der Waals surface area contributed by atoms with E-state index < -0.39 is 5.91 Å². The Morgan fingerprint density at radius 3 is 2.49 bits per heavy atom. The van der Waals surface area contributed by atoms with Gasteiger partial charge in [0.25, 0.3) is 17.4 Å². The lowest BCUT2D eigenvalue weighted by Gasteiger charge is -2.43. The minimum absolute atomic E-state index is 0.126. The molecule has 0 unspecified atom stereocenters. The van der Waals surface area contributed by atoms with Gasteiger partial charge in [-0.2, -0.15) is 0 Å². The fourth-order valence-corrected chi connectivity index (χ4v) is 7.76. The molecule has 1 aliphatic carbocycles. The normalized spacial score (nSPS) is 19.0. The van der Waals surface area contributed by atoms with Gasteiger partial charge in [-0.15, -0.1) is 0 Å². The average molecular weight is 664 g/mol. The van der Waals surface area contributed by atoms with Crippen molar-refractivity contribution in [1.82, 2.24) is 24.0 Å². The number of nitrogens with one attached hydrogen (secondary N) is 1. The number of nitrogens with zero attached hydrogens (tertiary/aromatic N) is 7. The highest BCUT2D eigenvalue weighted by molar-refractivity contribution is 6.12. The standard InChI is InChI=1S/C36H41N9O4/c1-36(2)16-22-15-28-35(48)45(13-12-44(28)29(22)17-36)33-31(32(37)46)26(6-7-38-33)23-14-27(34(47)41(3)19-23)40-30-5-4-24(18-39-30)42-8-10-43(11-9-42)25-20-49-21-25/h4-7,14-15,18-19,25H,8-13,16-17,20-21H2,1-3H3,(H2,37,46)(H,39,40). The van der Waals surface area contributed by atoms with E-state index in [-0.39, 0.29) is 34.0 Å². The molecule has 0 spiro atoms. The van der Waals surface area contributed by atoms with Crippen molar-refractivity contribution >= 4 is 34.8 Å². The minimum atomic E-state index is -0.710. The Bertz CT molecular complexity index is 2020. The second-order valence-corrected chi connectivity index (χ2v) is 14.3. The van der Waals surface area contributed by atoms with Crippen LogP contribution in [0.25, 0.3) is 11.1 Å². The number of hydrogen-bond acceptors (Lipinski definition) is 9. The molecule has 13 heteroatoms. The molecular weight excluding hydrogens is 622 g/mol. The van der Waals surface area contributed by atoms with Crippen LogP contribution in [0, 0.1) is 5.41 Å². The summed E-state index contributed by atoms with van der Waals surface area (Å²) in [5, 5.41) is 3.18. The number of amides is 2. The first-order valence-electron chi connectivity index (χ1n) is 16.9. The smallest absolute Gasteiger partial charge is 0.276 e. The maximum atomic E-state index is 13.9. The number of carbonyl (C=O) groups excluding carboxylic acids is 2. The van der Waals surface area contributed by atoms with Crippen LogP contribution >= 0.6 is 0 Å². The third kappa shape index (κ3) is 5.56. The second-order valence-electron chi connectivity index (χ2n) is 14.3. The van der Waals surface area contributed by atoms with E-state index in [0.29, 0.717) is 41.8 Å². The third-order valence-electron chi connectivity index (χ3n) is 10.4. The van der Waals surface area contributed by atoms with Gasteiger partial charge in [0.05, 0.1) is 36.7 Å². The maximum Gasteiger partial charge on any atom is 0.276 e. The van der Waals surface area contributed by atoms with Gasteiger partial charge in [0, 0.05) is 75.5 Å². The van der Waals surface area contributed by atoms with Crippen LogP contribution in [-0.4, -0.2) is 87.8 Å². The molecule has 0 aromatic carbocycles. The van der Waals surface area contributed by atoms with E-state index in [2.05, 4.69) is 43.5 Å². The largest absolute Gasteiger partial charge is 0.378 e. The fourth-order valence-electron chi connectivity index (χ4n) is 7.76. The highest BCUT2D eigenvalue weighted by Gasteiger charge is 2.38. The number of pyridine rings is 3. The molecule has 2 amide bonds. The number of anilines is 4. The number of piperazine rings is 1. The number of carbonyl (C=O) groups is 2. The zero-order valence-electron chi connectivity index (χ0n) is 28.1. The van der Waals surface area contributed by atoms with E-state index in [1.54, 1.807) is 36.5 Å². The Labute approximate surface area is 284 Å². The zero-order valence-corrected chi connectivity index (χ0v) is 28.1. The van der Waals surface area contributed by atoms with Gasteiger partial charge in [-0.3, -0.25) is 24.2 Å². The molecule has 254 valence electrons. The Morgan fingerprint density at radius 2 is 1.80 bits per heavy atom. The Hall–Kier alpha value is -5.01. The lowest BCUT2D eigenvalue weighted by atomic mass is 9.90. The number of ether oxygens (including phenoxy) is 1. The summed E-state index contributed by atoms with van der Waals surface area (Å²) >= 11 is 0. The summed E-state index contributed by atoms with van der Waals surface area (Å²) in [5.41, 5.74) is 11.4. The summed E-state index contributed by atoms with van der Waals surface area (Å²) in [7, 11) is 1.65. The number of hydrogen-bond donors (Lipinski definition) is 2. The van der Waals surface area contributed by atoms with Crippen molar-refractivity contribution in [3.63, 3.8) is 0 Å². The summed E-state index contributed by atoms with van der Waals surface area (Å²) in [5.74, 6) is -0.187. The molecular formula is C36H41N9O4. The molecule has 49 heavy (non-hydrogen) atoms. The fraction of sp³-hybridized carbons (Fsp3) is 0.417. The predicted octanol–water partition coefficient (Wildman–Crippen LogP) is 2.79. The van der Waals surface area contributed by atoms with Crippen LogP contribution < -0.4 is 26.4 Å². The molecule has 2 saturated heterocycles. The zero-order chi connectivity index (χ0) is 34.0. The highest BCUT2D eigenvalue weighted by Crippen LogP contribution is 2.40. The van der Waals surface area contributed by atoms with Gasteiger partial charge >= 0.3 is 0 Å². The van der Waals surface area contributed by atoms with Gasteiger partial charge in [0.1, 0.15) is 23.0 Å². The summed E-state index contributed by atoms with van der Waals surface area (Å²) in [6.07, 6.45) is 6.89. The molecule has 3 N–H and O–H groups in total. The lowest BCUT2D eigenvalue weighted by molar-refractivity contribution is -0.0660. The summed E-state index contributed by atoms with van der Waals surface area (Å²) in [6.45, 7) is 10.9. The monoisotopic (exact) mass is 663 g/mol. The molecule has 3 aliphatic heterocycles. The Balaban J connectivity index is 1.05. The minimum Gasteiger partial charge on any atom is -0.378 e. The van der Waals surface area contributed by atoms with Crippen LogP contribution in [-0.2, 0) is 31.2 Å². The van der Waals surface area contributed by atoms with Gasteiger partial charge in [-0.05, 0) is 54.2 Å². The van der Waals surface area contributed by atoms with Crippen molar-refractivity contribution in [2.75, 3.05) is 61.1 Å². The number of rotatable bonds is 7. The van der Waals surface area contributed by atoms with Crippen molar-refractivity contribution in [2.24, 2.45) is 18.2 Å². The van der Waals surface area contributed by atoms with Crippen molar-refractivity contribution < 1.29 is 14.3 Å². The number of aryl methyl sites for hydroxylation is 1. The van der Waals surface area contributed by atoms with E-state index in [1.165, 1.54) is 15.8 Å². The molecule has 8 rings (SSSR count). The van der Waals surface area contributed by atoms with Crippen LogP contribution in [0.1, 0.15) is 46.0 Å². The van der Waals surface area contributed by atoms with Crippen molar-refractivity contribution in [2.45, 2.75) is 39.3 Å². The predicted molar refractivity (Wildman–Crippen MR) is 187 cm³/mol. The number of fused-ring (bicyclic) bond motifs is 3. The van der Waals surface area contributed by atoms with Crippen molar-refractivity contribution in [3.8, 4) is 11.1 Å². The highest BCUT2D eigenvalue weighted by atomic mass is 16.5. The lowest BCUT2D eigenvalue weighted by Crippen LogP contribution is -2.56. The molecule has 0 bridgehead atoms. The quantitative estimate of drug-likeness (QED) is 0.305. The van der Waals surface area contributed by atoms with Crippen LogP contribution in [0.15, 0.2) is 53.7 Å². The van der Waals surface area contributed by atoms with Crippen LogP contribution in [0.3, 0.4) is 0 Å². The average Bonchev–Trinajstić information content (AvgIpc) is 3.55. The molecule has 0 saturated carbocycles. The molecule has 7 heterocycles. The van der Waals surface area contributed by atoms with E-state index >= 15 is 0 Å². The molecule has 0 radical (unpaired) electrons. The first-order valence-corrected chi connectivity index (χ1v) is 16.9. The topological polar surface area (TPSA) is 144 Å². The maximum absolute atomic E-state index is 13.9. The first kappa shape index (κ1) is 31.3. The Kier molecular flexibility index (Phi) is 7.56. The van der Waals surface area contributed by atoms with Gasteiger partial charge in [-0.1, -0.05) is 13.8 Å². The third-order valence-corrected chi connectivity index (χ3v) is 10.4. The van der Waals surface area contributed by atoms with Crippen LogP contribution in [0.4, 0.5) is 23.0 Å². The summed E-state index contributed by atoms with van der Waals surface area (Å²) < 4.78 is 8.92. The van der Waals surface area contributed by atoms with Gasteiger partial charge < -0.3 is 29.8 Å². The van der Waals surface area contributed by atoms with Gasteiger partial charge in [0.15, 0.2) is 0 Å². The van der Waals surface area contributed by atoms with Crippen molar-refractivity contribution in [3.05, 3.63) is 81.8 Å². The second kappa shape index (κ2) is 11.8. The molecule has 4 aliphatic rings. The SMILES string of the molecule is Cn1cc(-c2ccnc(N3CCn4c(cc5c4CC(C)(C)C5)C3=O)c2C(N)=O)cc(Nc2ccc(N3CCN(C4COC4)CC3)cn2)c1=O. The number of nitrogens with two attached hydrogens (primary N) is 1. The van der Waals surface area contributed by atoms with Crippen molar-refractivity contribution in [1.29, 1.82) is 0 Å². The van der Waals surface area contributed by atoms with E-state index in [1.807, 2.05) is 24.4 Å². The summed E-state index contributed by atoms with van der Waals surface area (Å²) in [4.78, 5) is 55.7. The Morgan fingerprint density at radius 1 is 1.00 bits per heavy atom. The van der Waals surface area contributed by atoms with Crippen LogP contribution in [0.2, 0.25) is 0 Å². The van der Waals surface area contributed by atoms with E-state index in [9.17, 15) is 14.4 Å². The molecule has 0 atom stereocenters. The molecule has 13 nitrogen and oxygen atoms in total. The van der Waals surface area contributed by atoms with Crippen LogP contribution in [0.5, 0.6) is 0 Å². The van der Waals surface area contributed by atoms with E-state index in [4.69, 9.17) is 10.5 Å². The number of aromatic nitrogens is 4. The molecule has 4 aromatic rings. The number of primary amides is 1. The first-order chi connectivity index (χ1) is 23.6. The summed E-state index contributed by atoms with van der Waals surface area (Å²) in [6, 6.07) is 9.77. The van der Waals surface area contributed by atoms with E-state index in [0.717, 1.165) is 57.9 Å². The molecule has 4 aromatic heterocycles.